The Labute approximate surface area is 193 Å². The quantitative estimate of drug-likeness (QED) is 0.571. The topological polar surface area (TPSA) is 85.8 Å². The number of hydrogen-bond donors (Lipinski definition) is 1. The van der Waals surface area contributed by atoms with E-state index in [0.717, 1.165) is 11.3 Å². The zero-order valence-corrected chi connectivity index (χ0v) is 19.1. The normalized spacial score (nSPS) is 14.0. The van der Waals surface area contributed by atoms with Crippen LogP contribution < -0.4 is 24.4 Å². The number of anilines is 2. The van der Waals surface area contributed by atoms with Gasteiger partial charge in [0.1, 0.15) is 17.2 Å². The van der Waals surface area contributed by atoms with Gasteiger partial charge in [-0.05, 0) is 31.4 Å². The van der Waals surface area contributed by atoms with Crippen LogP contribution in [0, 0.1) is 12.8 Å². The highest BCUT2D eigenvalue weighted by molar-refractivity contribution is 5.93. The van der Waals surface area contributed by atoms with Gasteiger partial charge in [-0.2, -0.15) is 0 Å². The van der Waals surface area contributed by atoms with E-state index >= 15 is 0 Å². The monoisotopic (exact) mass is 448 g/mol. The highest BCUT2D eigenvalue weighted by atomic mass is 16.5. The molecular weight excluding hydrogens is 420 g/mol. The van der Waals surface area contributed by atoms with Gasteiger partial charge in [0.25, 0.3) is 5.88 Å². The molecule has 0 atom stereocenters. The van der Waals surface area contributed by atoms with E-state index in [-0.39, 0.29) is 11.8 Å². The first-order valence-electron chi connectivity index (χ1n) is 10.9. The molecule has 1 aromatic heterocycles. The van der Waals surface area contributed by atoms with Gasteiger partial charge in [-0.3, -0.25) is 4.79 Å². The number of para-hydroxylation sites is 1. The smallest absolute Gasteiger partial charge is 0.263 e. The number of benzene rings is 2. The summed E-state index contributed by atoms with van der Waals surface area (Å²) >= 11 is 0. The number of nitrogens with zero attached hydrogens (tertiary/aromatic N) is 3. The molecule has 0 bridgehead atoms. The van der Waals surface area contributed by atoms with Crippen molar-refractivity contribution in [2.75, 3.05) is 37.5 Å². The van der Waals surface area contributed by atoms with E-state index in [1.165, 1.54) is 0 Å². The molecule has 8 nitrogen and oxygen atoms in total. The van der Waals surface area contributed by atoms with E-state index in [1.807, 2.05) is 31.2 Å². The minimum atomic E-state index is -0.101. The summed E-state index contributed by atoms with van der Waals surface area (Å²) in [6.07, 6.45) is 4.69. The predicted octanol–water partition coefficient (Wildman–Crippen LogP) is 4.45. The fourth-order valence-electron chi connectivity index (χ4n) is 3.86. The number of carbonyl (C=O) groups excluding carboxylic acids is 1. The van der Waals surface area contributed by atoms with Crippen LogP contribution in [0.1, 0.15) is 18.4 Å². The van der Waals surface area contributed by atoms with E-state index < -0.39 is 0 Å². The molecule has 2 heterocycles. The third kappa shape index (κ3) is 5.34. The molecule has 4 rings (SSSR count). The second kappa shape index (κ2) is 10.2. The summed E-state index contributed by atoms with van der Waals surface area (Å²) in [6.45, 7) is 3.36. The SMILES string of the molecule is COc1cc(NC(=O)C2CCN(c3nccnc3Oc3ccccc3C)CC2)cc(OC)c1. The highest BCUT2D eigenvalue weighted by Crippen LogP contribution is 2.33. The first-order valence-corrected chi connectivity index (χ1v) is 10.9. The first kappa shape index (κ1) is 22.4. The van der Waals surface area contributed by atoms with Crippen LogP contribution >= 0.6 is 0 Å². The Morgan fingerprint density at radius 3 is 2.33 bits per heavy atom. The molecule has 0 radical (unpaired) electrons. The standard InChI is InChI=1S/C25H28N4O4/c1-17-6-4-5-7-22(17)33-25-23(26-10-11-27-25)29-12-8-18(9-13-29)24(30)28-19-14-20(31-2)16-21(15-19)32-3/h4-7,10-11,14-16,18H,8-9,12-13H2,1-3H3,(H,28,30). The molecular formula is C25H28N4O4. The van der Waals surface area contributed by atoms with Gasteiger partial charge in [0.05, 0.1) is 14.2 Å². The summed E-state index contributed by atoms with van der Waals surface area (Å²) in [7, 11) is 3.17. The Hall–Kier alpha value is -3.81. The second-order valence-electron chi connectivity index (χ2n) is 7.90. The lowest BCUT2D eigenvalue weighted by Crippen LogP contribution is -2.38. The van der Waals surface area contributed by atoms with Crippen LogP contribution in [0.3, 0.4) is 0 Å². The van der Waals surface area contributed by atoms with Gasteiger partial charge in [0.15, 0.2) is 5.82 Å². The zero-order valence-electron chi connectivity index (χ0n) is 19.1. The summed E-state index contributed by atoms with van der Waals surface area (Å²) in [5.41, 5.74) is 1.68. The maximum absolute atomic E-state index is 12.9. The molecule has 1 N–H and O–H groups in total. The van der Waals surface area contributed by atoms with Gasteiger partial charge in [-0.15, -0.1) is 0 Å². The number of ether oxygens (including phenoxy) is 3. The summed E-state index contributed by atoms with van der Waals surface area (Å²) < 4.78 is 16.6. The van der Waals surface area contributed by atoms with Crippen molar-refractivity contribution in [1.29, 1.82) is 0 Å². The van der Waals surface area contributed by atoms with Gasteiger partial charge >= 0.3 is 0 Å². The van der Waals surface area contributed by atoms with E-state index in [9.17, 15) is 4.79 Å². The molecule has 1 aliphatic rings. The molecule has 0 spiro atoms. The Kier molecular flexibility index (Phi) is 6.92. The van der Waals surface area contributed by atoms with Gasteiger partial charge < -0.3 is 24.4 Å². The minimum Gasteiger partial charge on any atom is -0.497 e. The molecule has 1 aliphatic heterocycles. The maximum atomic E-state index is 12.9. The lowest BCUT2D eigenvalue weighted by atomic mass is 9.96. The van der Waals surface area contributed by atoms with Gasteiger partial charge in [0.2, 0.25) is 5.91 Å². The van der Waals surface area contributed by atoms with E-state index in [2.05, 4.69) is 20.2 Å². The molecule has 0 aliphatic carbocycles. The zero-order chi connectivity index (χ0) is 23.2. The number of amides is 1. The molecule has 8 heteroatoms. The van der Waals surface area contributed by atoms with Crippen LogP contribution in [-0.4, -0.2) is 43.2 Å². The second-order valence-corrected chi connectivity index (χ2v) is 7.90. The van der Waals surface area contributed by atoms with Gasteiger partial charge in [-0.1, -0.05) is 18.2 Å². The molecule has 172 valence electrons. The number of aryl methyl sites for hydroxylation is 1. The van der Waals surface area contributed by atoms with Crippen LogP contribution in [0.15, 0.2) is 54.9 Å². The molecule has 1 fully saturated rings. The third-order valence-corrected chi connectivity index (χ3v) is 5.73. The average molecular weight is 449 g/mol. The number of rotatable bonds is 7. The van der Waals surface area contributed by atoms with Crippen molar-refractivity contribution >= 4 is 17.4 Å². The largest absolute Gasteiger partial charge is 0.497 e. The number of piperidine rings is 1. The van der Waals surface area contributed by atoms with Crippen molar-refractivity contribution in [3.05, 3.63) is 60.4 Å². The molecule has 1 saturated heterocycles. The molecule has 33 heavy (non-hydrogen) atoms. The molecule has 0 unspecified atom stereocenters. The molecule has 2 aromatic carbocycles. The summed E-state index contributed by atoms with van der Waals surface area (Å²) in [6, 6.07) is 13.1. The Morgan fingerprint density at radius 2 is 1.67 bits per heavy atom. The van der Waals surface area contributed by atoms with Gasteiger partial charge in [-0.25, -0.2) is 9.97 Å². The molecule has 0 saturated carbocycles. The fraction of sp³-hybridized carbons (Fsp3) is 0.320. The number of carbonyl (C=O) groups is 1. The summed E-state index contributed by atoms with van der Waals surface area (Å²) in [5.74, 6) is 3.06. The van der Waals surface area contributed by atoms with Crippen LogP contribution in [0.4, 0.5) is 11.5 Å². The lowest BCUT2D eigenvalue weighted by Gasteiger charge is -2.32. The Morgan fingerprint density at radius 1 is 1.00 bits per heavy atom. The fourth-order valence-corrected chi connectivity index (χ4v) is 3.86. The summed E-state index contributed by atoms with van der Waals surface area (Å²) in [5, 5.41) is 3.00. The van der Waals surface area contributed by atoms with Crippen LogP contribution in [0.5, 0.6) is 23.1 Å². The molecule has 3 aromatic rings. The number of hydrogen-bond acceptors (Lipinski definition) is 7. The van der Waals surface area contributed by atoms with Crippen molar-refractivity contribution in [2.24, 2.45) is 5.92 Å². The number of aromatic nitrogens is 2. The number of nitrogens with one attached hydrogen (secondary N) is 1. The van der Waals surface area contributed by atoms with Crippen molar-refractivity contribution in [3.8, 4) is 23.1 Å². The minimum absolute atomic E-state index is 0.0134. The van der Waals surface area contributed by atoms with Crippen LogP contribution in [0.2, 0.25) is 0 Å². The van der Waals surface area contributed by atoms with E-state index in [1.54, 1.807) is 44.8 Å². The Bertz CT molecular complexity index is 1090. The molecule has 1 amide bonds. The van der Waals surface area contributed by atoms with E-state index in [4.69, 9.17) is 14.2 Å². The van der Waals surface area contributed by atoms with Crippen LogP contribution in [0.25, 0.3) is 0 Å². The number of methoxy groups -OCH3 is 2. The van der Waals surface area contributed by atoms with Gasteiger partial charge in [0, 0.05) is 55.3 Å². The lowest BCUT2D eigenvalue weighted by molar-refractivity contribution is -0.120. The van der Waals surface area contributed by atoms with Crippen molar-refractivity contribution < 1.29 is 19.0 Å². The van der Waals surface area contributed by atoms with Crippen molar-refractivity contribution in [2.45, 2.75) is 19.8 Å². The van der Waals surface area contributed by atoms with Crippen molar-refractivity contribution in [3.63, 3.8) is 0 Å². The Balaban J connectivity index is 1.40. The third-order valence-electron chi connectivity index (χ3n) is 5.73. The van der Waals surface area contributed by atoms with Crippen LogP contribution in [-0.2, 0) is 4.79 Å². The predicted molar refractivity (Wildman–Crippen MR) is 126 cm³/mol. The first-order chi connectivity index (χ1) is 16.1. The van der Waals surface area contributed by atoms with E-state index in [0.29, 0.717) is 54.8 Å². The average Bonchev–Trinajstić information content (AvgIpc) is 2.85. The maximum Gasteiger partial charge on any atom is 0.263 e. The van der Waals surface area contributed by atoms with Crippen molar-refractivity contribution in [1.82, 2.24) is 9.97 Å². The highest BCUT2D eigenvalue weighted by Gasteiger charge is 2.28. The summed E-state index contributed by atoms with van der Waals surface area (Å²) in [4.78, 5) is 23.9.